The second-order valence-corrected chi connectivity index (χ2v) is 6.69. The Balaban J connectivity index is 1.75. The number of carbonyl (C=O) groups excluding carboxylic acids is 1. The van der Waals surface area contributed by atoms with Crippen LogP contribution in [0.3, 0.4) is 0 Å². The van der Waals surface area contributed by atoms with E-state index in [9.17, 15) is 4.79 Å². The van der Waals surface area contributed by atoms with Crippen LogP contribution in [0.25, 0.3) is 0 Å². The number of hydrogen-bond acceptors (Lipinski definition) is 3. The third-order valence-corrected chi connectivity index (χ3v) is 4.74. The maximum absolute atomic E-state index is 12.7. The molecule has 1 aromatic carbocycles. The van der Waals surface area contributed by atoms with Crippen LogP contribution in [0.1, 0.15) is 29.9 Å². The molecule has 0 aliphatic carbocycles. The van der Waals surface area contributed by atoms with Crippen LogP contribution in [0.4, 0.5) is 0 Å². The zero-order valence-corrected chi connectivity index (χ0v) is 14.3. The zero-order chi connectivity index (χ0) is 16.4. The number of aryl methyl sites for hydroxylation is 1. The highest BCUT2D eigenvalue weighted by atomic mass is 35.5. The predicted octanol–water partition coefficient (Wildman–Crippen LogP) is 3.20. The molecule has 122 valence electrons. The second kappa shape index (κ2) is 6.67. The fraction of sp³-hybridized carbons (Fsp3) is 0.389. The Morgan fingerprint density at radius 2 is 2.22 bits per heavy atom. The minimum Gasteiger partial charge on any atom is -0.338 e. The van der Waals surface area contributed by atoms with Gasteiger partial charge in [0.1, 0.15) is 0 Å². The molecular weight excluding hydrogens is 310 g/mol. The summed E-state index contributed by atoms with van der Waals surface area (Å²) in [6, 6.07) is 6.05. The molecule has 0 unspecified atom stereocenters. The van der Waals surface area contributed by atoms with E-state index in [1.807, 2.05) is 36.4 Å². The summed E-state index contributed by atoms with van der Waals surface area (Å²) in [6.45, 7) is 3.68. The van der Waals surface area contributed by atoms with Crippen LogP contribution in [-0.4, -0.2) is 36.0 Å². The maximum Gasteiger partial charge on any atom is 0.255 e. The molecule has 4 nitrogen and oxygen atoms in total. The lowest BCUT2D eigenvalue weighted by Crippen LogP contribution is -2.41. The fourth-order valence-electron chi connectivity index (χ4n) is 3.36. The van der Waals surface area contributed by atoms with Crippen LogP contribution in [0.5, 0.6) is 0 Å². The molecule has 0 saturated carbocycles. The average Bonchev–Trinajstić information content (AvgIpc) is 2.54. The number of carbonyl (C=O) groups is 1. The van der Waals surface area contributed by atoms with Gasteiger partial charge in [-0.3, -0.25) is 9.80 Å². The molecule has 0 aromatic heterocycles. The topological polar surface area (TPSA) is 35.6 Å². The van der Waals surface area contributed by atoms with Gasteiger partial charge >= 0.3 is 0 Å². The van der Waals surface area contributed by atoms with Gasteiger partial charge in [0.2, 0.25) is 0 Å². The van der Waals surface area contributed by atoms with Crippen LogP contribution in [0.15, 0.2) is 42.2 Å². The number of halogens is 1. The standard InChI is InChI=1S/C18H22ClN3O/c1-13-10-16(19)5-6-17(13)14-4-3-9-22(12-14)18(23)15-7-8-20-21(2)11-15/h5-8,10-11,14,20H,3-4,9,12H2,1-2H3/t14-/m0/s1. The molecule has 1 saturated heterocycles. The lowest BCUT2D eigenvalue weighted by molar-refractivity contribution is -0.128. The number of nitrogens with one attached hydrogen (secondary N) is 1. The molecule has 1 fully saturated rings. The Bertz CT molecular complexity index is 668. The molecule has 1 atom stereocenters. The van der Waals surface area contributed by atoms with E-state index in [1.54, 1.807) is 11.2 Å². The van der Waals surface area contributed by atoms with Crippen molar-refractivity contribution in [2.45, 2.75) is 25.7 Å². The van der Waals surface area contributed by atoms with Crippen LogP contribution in [0.2, 0.25) is 5.02 Å². The quantitative estimate of drug-likeness (QED) is 0.904. The first kappa shape index (κ1) is 15.9. The minimum absolute atomic E-state index is 0.103. The third-order valence-electron chi connectivity index (χ3n) is 4.50. The Labute approximate surface area is 142 Å². The van der Waals surface area contributed by atoms with E-state index in [0.717, 1.165) is 36.5 Å². The maximum atomic E-state index is 12.7. The van der Waals surface area contributed by atoms with Gasteiger partial charge in [0.05, 0.1) is 5.57 Å². The SMILES string of the molecule is Cc1cc(Cl)ccc1[C@H]1CCCN(C(=O)C2=CN(C)NC=C2)C1. The van der Waals surface area contributed by atoms with E-state index in [-0.39, 0.29) is 5.91 Å². The number of amides is 1. The molecule has 23 heavy (non-hydrogen) atoms. The summed E-state index contributed by atoms with van der Waals surface area (Å²) in [4.78, 5) is 14.7. The summed E-state index contributed by atoms with van der Waals surface area (Å²) in [7, 11) is 1.88. The second-order valence-electron chi connectivity index (χ2n) is 6.25. The average molecular weight is 332 g/mol. The van der Waals surface area contributed by atoms with Gasteiger partial charge in [0.15, 0.2) is 0 Å². The summed E-state index contributed by atoms with van der Waals surface area (Å²) in [5.41, 5.74) is 6.24. The van der Waals surface area contributed by atoms with Crippen molar-refractivity contribution in [1.29, 1.82) is 0 Å². The van der Waals surface area contributed by atoms with Crippen LogP contribution in [0, 0.1) is 6.92 Å². The molecule has 1 N–H and O–H groups in total. The van der Waals surface area contributed by atoms with Crippen molar-refractivity contribution in [2.75, 3.05) is 20.1 Å². The Morgan fingerprint density at radius 1 is 1.39 bits per heavy atom. The summed E-state index contributed by atoms with van der Waals surface area (Å²) in [6.07, 6.45) is 7.60. The molecule has 5 heteroatoms. The van der Waals surface area contributed by atoms with E-state index in [4.69, 9.17) is 11.6 Å². The van der Waals surface area contributed by atoms with Gasteiger partial charge in [0, 0.05) is 43.5 Å². The van der Waals surface area contributed by atoms with Gasteiger partial charge in [0.25, 0.3) is 5.91 Å². The summed E-state index contributed by atoms with van der Waals surface area (Å²) in [5.74, 6) is 0.486. The number of nitrogens with zero attached hydrogens (tertiary/aromatic N) is 2. The molecule has 0 spiro atoms. The van der Waals surface area contributed by atoms with Crippen molar-refractivity contribution >= 4 is 17.5 Å². The number of benzene rings is 1. The van der Waals surface area contributed by atoms with Crippen molar-refractivity contribution in [1.82, 2.24) is 15.3 Å². The lowest BCUT2D eigenvalue weighted by atomic mass is 9.87. The zero-order valence-electron chi connectivity index (χ0n) is 13.6. The number of hydrogen-bond donors (Lipinski definition) is 1. The predicted molar refractivity (Wildman–Crippen MR) is 92.9 cm³/mol. The lowest BCUT2D eigenvalue weighted by Gasteiger charge is -2.34. The van der Waals surface area contributed by atoms with Crippen LogP contribution in [-0.2, 0) is 4.79 Å². The molecule has 1 amide bonds. The summed E-state index contributed by atoms with van der Waals surface area (Å²) >= 11 is 6.06. The van der Waals surface area contributed by atoms with Gasteiger partial charge in [-0.15, -0.1) is 0 Å². The van der Waals surface area contributed by atoms with E-state index in [0.29, 0.717) is 5.92 Å². The minimum atomic E-state index is 0.103. The highest BCUT2D eigenvalue weighted by Gasteiger charge is 2.27. The fourth-order valence-corrected chi connectivity index (χ4v) is 3.58. The molecule has 0 bridgehead atoms. The first-order chi connectivity index (χ1) is 11.0. The molecule has 2 aliphatic heterocycles. The van der Waals surface area contributed by atoms with Crippen molar-refractivity contribution in [2.24, 2.45) is 0 Å². The first-order valence-electron chi connectivity index (χ1n) is 7.97. The van der Waals surface area contributed by atoms with Crippen molar-refractivity contribution in [3.8, 4) is 0 Å². The van der Waals surface area contributed by atoms with Crippen molar-refractivity contribution in [3.05, 3.63) is 58.4 Å². The van der Waals surface area contributed by atoms with Crippen molar-refractivity contribution < 1.29 is 4.79 Å². The number of likely N-dealkylation sites (tertiary alicyclic amines) is 1. The normalized spacial score (nSPS) is 21.0. The summed E-state index contributed by atoms with van der Waals surface area (Å²) in [5, 5.41) is 2.56. The van der Waals surface area contributed by atoms with Crippen LogP contribution < -0.4 is 5.43 Å². The Morgan fingerprint density at radius 3 is 2.96 bits per heavy atom. The first-order valence-corrected chi connectivity index (χ1v) is 8.35. The van der Waals surface area contributed by atoms with Crippen LogP contribution >= 0.6 is 11.6 Å². The molecule has 2 heterocycles. The van der Waals surface area contributed by atoms with E-state index in [1.165, 1.54) is 11.1 Å². The van der Waals surface area contributed by atoms with Gasteiger partial charge in [-0.25, -0.2) is 0 Å². The monoisotopic (exact) mass is 331 g/mol. The molecule has 0 radical (unpaired) electrons. The molecule has 1 aromatic rings. The van der Waals surface area contributed by atoms with Gasteiger partial charge in [-0.1, -0.05) is 17.7 Å². The van der Waals surface area contributed by atoms with E-state index < -0.39 is 0 Å². The van der Waals surface area contributed by atoms with E-state index in [2.05, 4.69) is 18.4 Å². The smallest absolute Gasteiger partial charge is 0.255 e. The number of hydrazine groups is 1. The highest BCUT2D eigenvalue weighted by Crippen LogP contribution is 2.31. The Hall–Kier alpha value is -1.94. The third kappa shape index (κ3) is 3.53. The Kier molecular flexibility index (Phi) is 4.62. The number of rotatable bonds is 2. The molecule has 3 rings (SSSR count). The van der Waals surface area contributed by atoms with Gasteiger partial charge in [-0.05, 0) is 49.1 Å². The highest BCUT2D eigenvalue weighted by molar-refractivity contribution is 6.30. The summed E-state index contributed by atoms with van der Waals surface area (Å²) < 4.78 is 0. The largest absolute Gasteiger partial charge is 0.338 e. The number of piperidine rings is 1. The molecule has 2 aliphatic rings. The van der Waals surface area contributed by atoms with Crippen molar-refractivity contribution in [3.63, 3.8) is 0 Å². The van der Waals surface area contributed by atoms with Gasteiger partial charge in [-0.2, -0.15) is 0 Å². The molecular formula is C18H22ClN3O. The van der Waals surface area contributed by atoms with E-state index >= 15 is 0 Å². The van der Waals surface area contributed by atoms with Gasteiger partial charge < -0.3 is 10.3 Å².